The number of pyridine rings is 1. The lowest BCUT2D eigenvalue weighted by Crippen LogP contribution is -2.00. The van der Waals surface area contributed by atoms with E-state index < -0.39 is 0 Å². The minimum atomic E-state index is 0.292. The van der Waals surface area contributed by atoms with Crippen LogP contribution in [0.25, 0.3) is 0 Å². The monoisotopic (exact) mass is 290 g/mol. The van der Waals surface area contributed by atoms with Gasteiger partial charge < -0.3 is 10.5 Å². The zero-order valence-electron chi connectivity index (χ0n) is 12.0. The van der Waals surface area contributed by atoms with Crippen molar-refractivity contribution >= 4 is 17.6 Å². The van der Waals surface area contributed by atoms with Crippen LogP contribution in [0.3, 0.4) is 0 Å². The zero-order chi connectivity index (χ0) is 14.7. The number of hydrogen-bond acceptors (Lipinski definition) is 6. The smallest absolute Gasteiger partial charge is 0.213 e. The van der Waals surface area contributed by atoms with Gasteiger partial charge in [-0.2, -0.15) is 0 Å². The first-order chi connectivity index (χ1) is 9.51. The second kappa shape index (κ2) is 6.09. The summed E-state index contributed by atoms with van der Waals surface area (Å²) < 4.78 is 5.18. The molecular formula is C14H18N4OS. The average molecular weight is 290 g/mol. The fourth-order valence-corrected chi connectivity index (χ4v) is 2.75. The average Bonchev–Trinajstić information content (AvgIpc) is 2.42. The number of anilines is 1. The number of nitrogens with two attached hydrogens (primary N) is 1. The molecule has 0 aliphatic rings. The number of aryl methyl sites for hydroxylation is 1. The molecule has 0 atom stereocenters. The number of methoxy groups -OCH3 is 1. The molecule has 0 saturated carbocycles. The molecule has 0 aliphatic heterocycles. The predicted molar refractivity (Wildman–Crippen MR) is 80.2 cm³/mol. The van der Waals surface area contributed by atoms with Crippen molar-refractivity contribution in [2.45, 2.75) is 36.5 Å². The van der Waals surface area contributed by atoms with Gasteiger partial charge in [0.25, 0.3) is 0 Å². The van der Waals surface area contributed by atoms with Gasteiger partial charge in [-0.25, -0.2) is 15.0 Å². The SMILES string of the molecule is COc1ccc(Sc2cnc(C)nc2N)c(C(C)C)n1. The minimum absolute atomic E-state index is 0.292. The summed E-state index contributed by atoms with van der Waals surface area (Å²) in [6.45, 7) is 6.01. The second-order valence-electron chi connectivity index (χ2n) is 4.66. The van der Waals surface area contributed by atoms with Gasteiger partial charge in [0.15, 0.2) is 0 Å². The third kappa shape index (κ3) is 3.19. The summed E-state index contributed by atoms with van der Waals surface area (Å²) in [6.07, 6.45) is 1.75. The van der Waals surface area contributed by atoms with Crippen molar-refractivity contribution in [3.8, 4) is 5.88 Å². The highest BCUT2D eigenvalue weighted by atomic mass is 32.2. The van der Waals surface area contributed by atoms with Gasteiger partial charge in [-0.3, -0.25) is 0 Å². The molecule has 2 heterocycles. The summed E-state index contributed by atoms with van der Waals surface area (Å²) in [7, 11) is 1.62. The number of ether oxygens (including phenoxy) is 1. The molecule has 0 amide bonds. The molecule has 106 valence electrons. The summed E-state index contributed by atoms with van der Waals surface area (Å²) >= 11 is 1.53. The second-order valence-corrected chi connectivity index (χ2v) is 5.74. The van der Waals surface area contributed by atoms with Crippen molar-refractivity contribution in [3.05, 3.63) is 29.8 Å². The molecule has 2 aromatic heterocycles. The van der Waals surface area contributed by atoms with Crippen molar-refractivity contribution in [1.29, 1.82) is 0 Å². The van der Waals surface area contributed by atoms with Crippen LogP contribution in [0.5, 0.6) is 5.88 Å². The zero-order valence-corrected chi connectivity index (χ0v) is 12.9. The number of nitrogen functional groups attached to an aromatic ring is 1. The lowest BCUT2D eigenvalue weighted by atomic mass is 10.1. The highest BCUT2D eigenvalue weighted by molar-refractivity contribution is 7.99. The van der Waals surface area contributed by atoms with Crippen LogP contribution in [-0.4, -0.2) is 22.1 Å². The Bertz CT molecular complexity index is 616. The summed E-state index contributed by atoms with van der Waals surface area (Å²) in [5, 5.41) is 0. The van der Waals surface area contributed by atoms with E-state index >= 15 is 0 Å². The standard InChI is InChI=1S/C14H18N4OS/c1-8(2)13-10(5-6-12(18-13)19-4)20-11-7-16-9(3)17-14(11)15/h5-8H,1-4H3,(H2,15,16,17). The molecule has 0 fully saturated rings. The maximum Gasteiger partial charge on any atom is 0.213 e. The Kier molecular flexibility index (Phi) is 4.44. The van der Waals surface area contributed by atoms with Crippen molar-refractivity contribution in [2.75, 3.05) is 12.8 Å². The van der Waals surface area contributed by atoms with Crippen molar-refractivity contribution in [3.63, 3.8) is 0 Å². The van der Waals surface area contributed by atoms with Crippen LogP contribution in [0.4, 0.5) is 5.82 Å². The van der Waals surface area contributed by atoms with Crippen LogP contribution < -0.4 is 10.5 Å². The van der Waals surface area contributed by atoms with E-state index in [1.54, 1.807) is 13.3 Å². The maximum atomic E-state index is 5.93. The van der Waals surface area contributed by atoms with Crippen LogP contribution in [0, 0.1) is 6.92 Å². The Morgan fingerprint density at radius 2 is 1.95 bits per heavy atom. The molecule has 0 unspecified atom stereocenters. The van der Waals surface area contributed by atoms with Crippen LogP contribution in [0.2, 0.25) is 0 Å². The van der Waals surface area contributed by atoms with Gasteiger partial charge in [-0.1, -0.05) is 25.6 Å². The summed E-state index contributed by atoms with van der Waals surface area (Å²) in [5.74, 6) is 2.07. The predicted octanol–water partition coefficient (Wildman–Crippen LogP) is 3.05. The Hall–Kier alpha value is -1.82. The van der Waals surface area contributed by atoms with Crippen molar-refractivity contribution in [2.24, 2.45) is 0 Å². The van der Waals surface area contributed by atoms with Crippen LogP contribution >= 0.6 is 11.8 Å². The Balaban J connectivity index is 2.37. The first-order valence-corrected chi connectivity index (χ1v) is 7.14. The van der Waals surface area contributed by atoms with Crippen LogP contribution in [-0.2, 0) is 0 Å². The molecular weight excluding hydrogens is 272 g/mol. The van der Waals surface area contributed by atoms with E-state index in [4.69, 9.17) is 10.5 Å². The van der Waals surface area contributed by atoms with Crippen LogP contribution in [0.1, 0.15) is 31.3 Å². The summed E-state index contributed by atoms with van der Waals surface area (Å²) in [6, 6.07) is 3.84. The third-order valence-corrected chi connectivity index (χ3v) is 3.84. The molecule has 0 saturated heterocycles. The van der Waals surface area contributed by atoms with E-state index in [0.29, 0.717) is 23.4 Å². The van der Waals surface area contributed by atoms with Crippen molar-refractivity contribution in [1.82, 2.24) is 15.0 Å². The van der Waals surface area contributed by atoms with E-state index in [1.165, 1.54) is 11.8 Å². The summed E-state index contributed by atoms with van der Waals surface area (Å²) in [4.78, 5) is 14.8. The topological polar surface area (TPSA) is 73.9 Å². The molecule has 5 nitrogen and oxygen atoms in total. The van der Waals surface area contributed by atoms with E-state index in [-0.39, 0.29) is 0 Å². The molecule has 0 aliphatic carbocycles. The molecule has 0 radical (unpaired) electrons. The quantitative estimate of drug-likeness (QED) is 0.933. The van der Waals surface area contributed by atoms with Gasteiger partial charge in [0, 0.05) is 17.2 Å². The number of rotatable bonds is 4. The molecule has 0 bridgehead atoms. The Morgan fingerprint density at radius 1 is 1.20 bits per heavy atom. The maximum absolute atomic E-state index is 5.93. The molecule has 20 heavy (non-hydrogen) atoms. The molecule has 2 aromatic rings. The fourth-order valence-electron chi connectivity index (χ4n) is 1.73. The minimum Gasteiger partial charge on any atom is -0.481 e. The number of nitrogens with zero attached hydrogens (tertiary/aromatic N) is 3. The largest absolute Gasteiger partial charge is 0.481 e. The van der Waals surface area contributed by atoms with E-state index in [0.717, 1.165) is 15.5 Å². The van der Waals surface area contributed by atoms with E-state index in [1.807, 2.05) is 19.1 Å². The number of aromatic nitrogens is 3. The van der Waals surface area contributed by atoms with Gasteiger partial charge in [0.2, 0.25) is 5.88 Å². The summed E-state index contributed by atoms with van der Waals surface area (Å²) in [5.41, 5.74) is 6.92. The van der Waals surface area contributed by atoms with Crippen LogP contribution in [0.15, 0.2) is 28.1 Å². The van der Waals surface area contributed by atoms with Gasteiger partial charge in [-0.05, 0) is 18.9 Å². The normalized spacial score (nSPS) is 10.8. The van der Waals surface area contributed by atoms with Gasteiger partial charge in [0.1, 0.15) is 11.6 Å². The Labute approximate surface area is 123 Å². The molecule has 2 rings (SSSR count). The third-order valence-electron chi connectivity index (χ3n) is 2.74. The molecule has 0 aromatic carbocycles. The van der Waals surface area contributed by atoms with E-state index in [9.17, 15) is 0 Å². The number of hydrogen-bond donors (Lipinski definition) is 1. The highest BCUT2D eigenvalue weighted by Crippen LogP contribution is 2.35. The first kappa shape index (κ1) is 14.6. The highest BCUT2D eigenvalue weighted by Gasteiger charge is 2.13. The van der Waals surface area contributed by atoms with Gasteiger partial charge in [-0.15, -0.1) is 0 Å². The molecule has 0 spiro atoms. The lowest BCUT2D eigenvalue weighted by molar-refractivity contribution is 0.394. The first-order valence-electron chi connectivity index (χ1n) is 6.33. The molecule has 2 N–H and O–H groups in total. The molecule has 6 heteroatoms. The van der Waals surface area contributed by atoms with Crippen molar-refractivity contribution < 1.29 is 4.74 Å². The lowest BCUT2D eigenvalue weighted by Gasteiger charge is -2.13. The van der Waals surface area contributed by atoms with E-state index in [2.05, 4.69) is 28.8 Å². The Morgan fingerprint density at radius 3 is 2.55 bits per heavy atom. The van der Waals surface area contributed by atoms with Gasteiger partial charge in [0.05, 0.1) is 17.7 Å². The van der Waals surface area contributed by atoms with Gasteiger partial charge >= 0.3 is 0 Å². The fraction of sp³-hybridized carbons (Fsp3) is 0.357.